The van der Waals surface area contributed by atoms with Gasteiger partial charge < -0.3 is 4.90 Å². The van der Waals surface area contributed by atoms with E-state index in [1.807, 2.05) is 11.0 Å². The van der Waals surface area contributed by atoms with Crippen molar-refractivity contribution in [2.45, 2.75) is 38.8 Å². The molecule has 0 saturated carbocycles. The number of carbonyl (C=O) groups is 1. The van der Waals surface area contributed by atoms with Crippen LogP contribution in [0.5, 0.6) is 0 Å². The van der Waals surface area contributed by atoms with Crippen LogP contribution in [-0.4, -0.2) is 56.4 Å². The van der Waals surface area contributed by atoms with E-state index in [0.717, 1.165) is 62.4 Å². The van der Waals surface area contributed by atoms with Crippen molar-refractivity contribution in [3.05, 3.63) is 81.9 Å². The molecular weight excluding hydrogens is 489 g/mol. The van der Waals surface area contributed by atoms with Gasteiger partial charge in [-0.2, -0.15) is 4.39 Å². The van der Waals surface area contributed by atoms with Crippen LogP contribution in [-0.2, 0) is 24.2 Å². The van der Waals surface area contributed by atoms with Crippen LogP contribution in [0, 0.1) is 5.95 Å². The summed E-state index contributed by atoms with van der Waals surface area (Å²) in [6.07, 6.45) is 5.78. The summed E-state index contributed by atoms with van der Waals surface area (Å²) in [5.74, 6) is -0.372. The molecule has 0 bridgehead atoms. The summed E-state index contributed by atoms with van der Waals surface area (Å²) in [4.78, 5) is 38.5. The lowest BCUT2D eigenvalue weighted by atomic mass is 9.87. The Bertz CT molecular complexity index is 1520. The summed E-state index contributed by atoms with van der Waals surface area (Å²) in [5, 5.41) is 0. The first-order valence-corrected chi connectivity index (χ1v) is 13.5. The minimum atomic E-state index is -0.525. The smallest absolute Gasteiger partial charge is 0.271 e. The third kappa shape index (κ3) is 4.81. The first kappa shape index (κ1) is 23.9. The normalized spacial score (nSPS) is 18.2. The highest BCUT2D eigenvalue weighted by atomic mass is 32.1. The minimum absolute atomic E-state index is 0.0221. The van der Waals surface area contributed by atoms with E-state index in [2.05, 4.69) is 33.1 Å². The standard InChI is InChI=1S/C28H28FN5O2S/c1-18(35)33-10-8-32(9-11-33)16-19-2-3-21-13-23(6-4-20(21)12-19)34-17-31-24-14-25(37-27(24)28(34)36)22-5-7-26(29)30-15-22/h2-3,5,7,12,14-15,17,23H,4,6,8-11,13,16H2,1H3. The molecule has 1 aliphatic carbocycles. The summed E-state index contributed by atoms with van der Waals surface area (Å²) >= 11 is 1.38. The third-order valence-electron chi connectivity index (χ3n) is 7.56. The van der Waals surface area contributed by atoms with Gasteiger partial charge in [0.1, 0.15) is 4.70 Å². The highest BCUT2D eigenvalue weighted by Gasteiger charge is 2.24. The summed E-state index contributed by atoms with van der Waals surface area (Å²) in [6, 6.07) is 11.7. The van der Waals surface area contributed by atoms with Crippen LogP contribution < -0.4 is 5.56 Å². The van der Waals surface area contributed by atoms with Crippen molar-refractivity contribution in [3.63, 3.8) is 0 Å². The van der Waals surface area contributed by atoms with Gasteiger partial charge in [-0.15, -0.1) is 11.3 Å². The molecule has 1 aliphatic heterocycles. The molecule has 4 aromatic rings. The van der Waals surface area contributed by atoms with Crippen molar-refractivity contribution in [1.82, 2.24) is 24.3 Å². The van der Waals surface area contributed by atoms with Gasteiger partial charge in [0.25, 0.3) is 5.56 Å². The summed E-state index contributed by atoms with van der Waals surface area (Å²) in [6.45, 7) is 5.92. The van der Waals surface area contributed by atoms with E-state index >= 15 is 0 Å². The topological polar surface area (TPSA) is 71.3 Å². The average molecular weight is 518 g/mol. The lowest BCUT2D eigenvalue weighted by Gasteiger charge is -2.34. The van der Waals surface area contributed by atoms with Crippen LogP contribution in [0.25, 0.3) is 20.7 Å². The zero-order chi connectivity index (χ0) is 25.5. The Kier molecular flexibility index (Phi) is 6.34. The van der Waals surface area contributed by atoms with Gasteiger partial charge in [-0.25, -0.2) is 9.97 Å². The van der Waals surface area contributed by atoms with E-state index in [1.54, 1.807) is 23.9 Å². The molecule has 1 fully saturated rings. The van der Waals surface area contributed by atoms with Crippen molar-refractivity contribution < 1.29 is 9.18 Å². The number of piperazine rings is 1. The Morgan fingerprint density at radius 1 is 1.08 bits per heavy atom. The molecule has 3 aromatic heterocycles. The second kappa shape index (κ2) is 9.79. The van der Waals surface area contributed by atoms with Gasteiger partial charge in [0, 0.05) is 62.3 Å². The van der Waals surface area contributed by atoms with E-state index in [-0.39, 0.29) is 17.5 Å². The van der Waals surface area contributed by atoms with Crippen molar-refractivity contribution in [2.75, 3.05) is 26.2 Å². The van der Waals surface area contributed by atoms with Gasteiger partial charge in [-0.05, 0) is 54.2 Å². The van der Waals surface area contributed by atoms with Gasteiger partial charge >= 0.3 is 0 Å². The molecule has 1 aromatic carbocycles. The lowest BCUT2D eigenvalue weighted by Crippen LogP contribution is -2.47. The number of benzene rings is 1. The predicted octanol–water partition coefficient (Wildman–Crippen LogP) is 4.05. The highest BCUT2D eigenvalue weighted by Crippen LogP contribution is 2.33. The van der Waals surface area contributed by atoms with Crippen molar-refractivity contribution >= 4 is 27.5 Å². The number of nitrogens with zero attached hydrogens (tertiary/aromatic N) is 5. The molecule has 6 rings (SSSR count). The van der Waals surface area contributed by atoms with Crippen LogP contribution in [0.4, 0.5) is 4.39 Å². The number of halogens is 1. The number of aromatic nitrogens is 3. The van der Waals surface area contributed by atoms with E-state index in [1.165, 1.54) is 40.3 Å². The Morgan fingerprint density at radius 3 is 2.68 bits per heavy atom. The van der Waals surface area contributed by atoms with E-state index in [0.29, 0.717) is 10.2 Å². The Labute approximate surface area is 218 Å². The number of rotatable bonds is 4. The SMILES string of the molecule is CC(=O)N1CCN(Cc2ccc3c(c2)CCC(n2cnc4cc(-c5ccc(F)nc5)sc4c2=O)C3)CC1. The molecule has 0 spiro atoms. The Balaban J connectivity index is 1.18. The average Bonchev–Trinajstić information content (AvgIpc) is 3.35. The summed E-state index contributed by atoms with van der Waals surface area (Å²) < 4.78 is 15.6. The van der Waals surface area contributed by atoms with E-state index in [4.69, 9.17) is 0 Å². The largest absolute Gasteiger partial charge is 0.340 e. The van der Waals surface area contributed by atoms with Gasteiger partial charge in [-0.3, -0.25) is 19.1 Å². The van der Waals surface area contributed by atoms with Gasteiger partial charge in [0.05, 0.1) is 11.8 Å². The first-order valence-electron chi connectivity index (χ1n) is 12.7. The number of fused-ring (bicyclic) bond motifs is 2. The molecule has 2 aliphatic rings. The van der Waals surface area contributed by atoms with E-state index in [9.17, 15) is 14.0 Å². The quantitative estimate of drug-likeness (QED) is 0.382. The molecule has 1 amide bonds. The number of thiophene rings is 1. The highest BCUT2D eigenvalue weighted by molar-refractivity contribution is 7.22. The molecule has 4 heterocycles. The number of hydrogen-bond donors (Lipinski definition) is 0. The molecule has 7 nitrogen and oxygen atoms in total. The molecule has 0 N–H and O–H groups in total. The van der Waals surface area contributed by atoms with Gasteiger partial charge in [0.2, 0.25) is 11.9 Å². The minimum Gasteiger partial charge on any atom is -0.340 e. The molecular formula is C28H28FN5O2S. The van der Waals surface area contributed by atoms with Gasteiger partial charge in [0.15, 0.2) is 0 Å². The predicted molar refractivity (Wildman–Crippen MR) is 142 cm³/mol. The lowest BCUT2D eigenvalue weighted by molar-refractivity contribution is -0.130. The first-order chi connectivity index (χ1) is 17.9. The molecule has 1 saturated heterocycles. The molecule has 9 heteroatoms. The van der Waals surface area contributed by atoms with Crippen molar-refractivity contribution in [2.24, 2.45) is 0 Å². The second-order valence-electron chi connectivity index (χ2n) is 9.93. The van der Waals surface area contributed by atoms with Crippen LogP contribution >= 0.6 is 11.3 Å². The van der Waals surface area contributed by atoms with Crippen LogP contribution in [0.3, 0.4) is 0 Å². The fourth-order valence-corrected chi connectivity index (χ4v) is 6.49. The van der Waals surface area contributed by atoms with Crippen LogP contribution in [0.1, 0.15) is 36.1 Å². The fourth-order valence-electron chi connectivity index (χ4n) is 5.45. The molecule has 37 heavy (non-hydrogen) atoms. The second-order valence-corrected chi connectivity index (χ2v) is 11.0. The zero-order valence-corrected chi connectivity index (χ0v) is 21.5. The molecule has 190 valence electrons. The fraction of sp³-hybridized carbons (Fsp3) is 0.357. The molecule has 1 atom stereocenters. The van der Waals surface area contributed by atoms with Crippen molar-refractivity contribution in [1.29, 1.82) is 0 Å². The number of aryl methyl sites for hydroxylation is 1. The Morgan fingerprint density at radius 2 is 1.92 bits per heavy atom. The third-order valence-corrected chi connectivity index (χ3v) is 8.73. The van der Waals surface area contributed by atoms with Crippen molar-refractivity contribution in [3.8, 4) is 10.4 Å². The summed E-state index contributed by atoms with van der Waals surface area (Å²) in [7, 11) is 0. The maximum Gasteiger partial charge on any atom is 0.271 e. The molecule has 1 unspecified atom stereocenters. The van der Waals surface area contributed by atoms with E-state index < -0.39 is 5.95 Å². The van der Waals surface area contributed by atoms with Gasteiger partial charge in [-0.1, -0.05) is 18.2 Å². The monoisotopic (exact) mass is 517 g/mol. The number of pyridine rings is 1. The number of amides is 1. The molecule has 0 radical (unpaired) electrons. The number of hydrogen-bond acceptors (Lipinski definition) is 6. The van der Waals surface area contributed by atoms with Crippen LogP contribution in [0.15, 0.2) is 53.7 Å². The maximum absolute atomic E-state index is 13.4. The van der Waals surface area contributed by atoms with Crippen LogP contribution in [0.2, 0.25) is 0 Å². The zero-order valence-electron chi connectivity index (χ0n) is 20.7. The Hall–Kier alpha value is -3.43. The summed E-state index contributed by atoms with van der Waals surface area (Å²) in [5.41, 5.74) is 5.37. The maximum atomic E-state index is 13.4. The number of carbonyl (C=O) groups excluding carboxylic acids is 1.